The normalized spacial score (nSPS) is 16.3. The van der Waals surface area contributed by atoms with E-state index in [-0.39, 0.29) is 52.8 Å². The number of hydrogen-bond acceptors (Lipinski definition) is 4. The Balaban J connectivity index is 2.00. The van der Waals surface area contributed by atoms with Crippen LogP contribution in [0.15, 0.2) is 23.1 Å². The largest absolute Gasteiger partial charge is 0.350 e. The van der Waals surface area contributed by atoms with Crippen LogP contribution >= 0.6 is 11.6 Å². The predicted molar refractivity (Wildman–Crippen MR) is 113 cm³/mol. The summed E-state index contributed by atoms with van der Waals surface area (Å²) in [6, 6.07) is 3.30. The number of amides is 2. The summed E-state index contributed by atoms with van der Waals surface area (Å²) in [5.74, 6) is -1.42. The number of rotatable bonds is 6. The summed E-state index contributed by atoms with van der Waals surface area (Å²) in [6.45, 7) is 8.11. The highest BCUT2D eigenvalue weighted by Gasteiger charge is 2.34. The first-order chi connectivity index (χ1) is 13.8. The van der Waals surface area contributed by atoms with Crippen LogP contribution in [-0.4, -0.2) is 61.2 Å². The van der Waals surface area contributed by atoms with Crippen LogP contribution in [0.2, 0.25) is 5.02 Å². The van der Waals surface area contributed by atoms with Gasteiger partial charge >= 0.3 is 0 Å². The molecule has 30 heavy (non-hydrogen) atoms. The monoisotopic (exact) mass is 461 g/mol. The van der Waals surface area contributed by atoms with Crippen LogP contribution < -0.4 is 5.32 Å². The fourth-order valence-electron chi connectivity index (χ4n) is 3.36. The molecule has 1 heterocycles. The number of sulfonamides is 1. The Kier molecular flexibility index (Phi) is 7.87. The molecule has 0 bridgehead atoms. The first kappa shape index (κ1) is 24.6. The molecular formula is C20H29ClFN3O4S. The number of nitrogens with zero attached hydrogens (tertiary/aromatic N) is 2. The third-order valence-corrected chi connectivity index (χ3v) is 7.06. The molecule has 0 unspecified atom stereocenters. The Bertz CT molecular complexity index is 894. The molecule has 0 aliphatic carbocycles. The summed E-state index contributed by atoms with van der Waals surface area (Å²) in [7, 11) is -3.82. The minimum atomic E-state index is -3.82. The maximum atomic E-state index is 13.3. The van der Waals surface area contributed by atoms with Crippen molar-refractivity contribution in [2.24, 2.45) is 5.92 Å². The van der Waals surface area contributed by atoms with E-state index in [1.165, 1.54) is 15.3 Å². The number of hydrogen-bond donors (Lipinski definition) is 1. The molecule has 1 aliphatic heterocycles. The van der Waals surface area contributed by atoms with E-state index < -0.39 is 15.8 Å². The van der Waals surface area contributed by atoms with Gasteiger partial charge in [-0.2, -0.15) is 4.31 Å². The van der Waals surface area contributed by atoms with Gasteiger partial charge in [-0.3, -0.25) is 9.59 Å². The van der Waals surface area contributed by atoms with E-state index in [1.807, 2.05) is 20.8 Å². The van der Waals surface area contributed by atoms with Gasteiger partial charge in [-0.1, -0.05) is 11.6 Å². The number of likely N-dealkylation sites (N-methyl/N-ethyl adjacent to an activating group) is 1. The van der Waals surface area contributed by atoms with Gasteiger partial charge in [0.1, 0.15) is 5.82 Å². The maximum Gasteiger partial charge on any atom is 0.243 e. The van der Waals surface area contributed by atoms with E-state index in [9.17, 15) is 22.4 Å². The number of carbonyl (C=O) groups excluding carboxylic acids is 2. The molecule has 10 heteroatoms. The first-order valence-corrected chi connectivity index (χ1v) is 11.7. The van der Waals surface area contributed by atoms with Crippen molar-refractivity contribution in [3.8, 4) is 0 Å². The summed E-state index contributed by atoms with van der Waals surface area (Å²) in [5, 5.41) is 2.58. The molecule has 7 nitrogen and oxygen atoms in total. The molecule has 1 saturated heterocycles. The zero-order valence-corrected chi connectivity index (χ0v) is 19.3. The average molecular weight is 462 g/mol. The minimum Gasteiger partial charge on any atom is -0.350 e. The van der Waals surface area contributed by atoms with Crippen LogP contribution in [0.5, 0.6) is 0 Å². The Morgan fingerprint density at radius 1 is 1.27 bits per heavy atom. The van der Waals surface area contributed by atoms with E-state index >= 15 is 0 Å². The van der Waals surface area contributed by atoms with Gasteiger partial charge in [0, 0.05) is 31.1 Å². The number of nitrogens with one attached hydrogen (secondary N) is 1. The standard InChI is InChI=1S/C20H29ClFN3O4S/c1-5-24(13-18(26)23-20(2,3)4)19(27)14-8-10-25(11-9-14)30(28,29)15-6-7-17(22)16(21)12-15/h6-7,12,14H,5,8-11,13H2,1-4H3,(H,23,26). The second-order valence-corrected chi connectivity index (χ2v) is 10.7. The van der Waals surface area contributed by atoms with Crippen molar-refractivity contribution in [1.82, 2.24) is 14.5 Å². The lowest BCUT2D eigenvalue weighted by atomic mass is 9.96. The van der Waals surface area contributed by atoms with Crippen LogP contribution in [0.4, 0.5) is 4.39 Å². The van der Waals surface area contributed by atoms with Gasteiger partial charge in [0.25, 0.3) is 0 Å². The Labute approximate surface area is 182 Å². The van der Waals surface area contributed by atoms with Crippen molar-refractivity contribution in [3.63, 3.8) is 0 Å². The topological polar surface area (TPSA) is 86.8 Å². The highest BCUT2D eigenvalue weighted by molar-refractivity contribution is 7.89. The molecule has 0 atom stereocenters. The average Bonchev–Trinajstić information content (AvgIpc) is 2.66. The lowest BCUT2D eigenvalue weighted by Gasteiger charge is -2.33. The van der Waals surface area contributed by atoms with Gasteiger partial charge in [0.05, 0.1) is 16.5 Å². The van der Waals surface area contributed by atoms with E-state index in [1.54, 1.807) is 6.92 Å². The molecule has 1 aromatic carbocycles. The summed E-state index contributed by atoms with van der Waals surface area (Å²) >= 11 is 5.72. The molecule has 1 aliphatic rings. The summed E-state index contributed by atoms with van der Waals surface area (Å²) in [4.78, 5) is 26.5. The van der Waals surface area contributed by atoms with Gasteiger partial charge in [-0.25, -0.2) is 12.8 Å². The first-order valence-electron chi connectivity index (χ1n) is 9.90. The minimum absolute atomic E-state index is 0.0286. The predicted octanol–water partition coefficient (Wildman–Crippen LogP) is 2.64. The molecule has 2 rings (SSSR count). The van der Waals surface area contributed by atoms with Gasteiger partial charge in [-0.05, 0) is 58.7 Å². The van der Waals surface area contributed by atoms with Gasteiger partial charge in [0.15, 0.2) is 0 Å². The maximum absolute atomic E-state index is 13.3. The van der Waals surface area contributed by atoms with E-state index in [4.69, 9.17) is 11.6 Å². The van der Waals surface area contributed by atoms with Crippen molar-refractivity contribution in [2.75, 3.05) is 26.2 Å². The Hall–Kier alpha value is -1.71. The Morgan fingerprint density at radius 2 is 1.87 bits per heavy atom. The van der Waals surface area contributed by atoms with Crippen LogP contribution in [0, 0.1) is 11.7 Å². The van der Waals surface area contributed by atoms with Crippen molar-refractivity contribution in [1.29, 1.82) is 0 Å². The fourth-order valence-corrected chi connectivity index (χ4v) is 5.11. The van der Waals surface area contributed by atoms with Gasteiger partial charge in [-0.15, -0.1) is 0 Å². The number of carbonyl (C=O) groups is 2. The smallest absolute Gasteiger partial charge is 0.243 e. The molecule has 168 valence electrons. The van der Waals surface area contributed by atoms with Crippen molar-refractivity contribution in [2.45, 2.75) is 51.0 Å². The molecule has 0 radical (unpaired) electrons. The van der Waals surface area contributed by atoms with E-state index in [0.717, 1.165) is 12.1 Å². The number of halogens is 2. The van der Waals surface area contributed by atoms with Crippen molar-refractivity contribution in [3.05, 3.63) is 29.0 Å². The highest BCUT2D eigenvalue weighted by Crippen LogP contribution is 2.27. The van der Waals surface area contributed by atoms with E-state index in [2.05, 4.69) is 5.32 Å². The molecule has 2 amide bonds. The zero-order valence-electron chi connectivity index (χ0n) is 17.7. The molecule has 0 saturated carbocycles. The molecule has 0 spiro atoms. The van der Waals surface area contributed by atoms with Gasteiger partial charge in [0.2, 0.25) is 21.8 Å². The quantitative estimate of drug-likeness (QED) is 0.705. The zero-order chi connectivity index (χ0) is 22.7. The van der Waals surface area contributed by atoms with Crippen LogP contribution in [0.25, 0.3) is 0 Å². The summed E-state index contributed by atoms with van der Waals surface area (Å²) < 4.78 is 40.2. The van der Waals surface area contributed by atoms with E-state index in [0.29, 0.717) is 19.4 Å². The van der Waals surface area contributed by atoms with Gasteiger partial charge < -0.3 is 10.2 Å². The molecule has 1 aromatic rings. The lowest BCUT2D eigenvalue weighted by Crippen LogP contribution is -2.49. The second-order valence-electron chi connectivity index (χ2n) is 8.40. The fraction of sp³-hybridized carbons (Fsp3) is 0.600. The third-order valence-electron chi connectivity index (χ3n) is 4.87. The molecule has 0 aromatic heterocycles. The molecule has 1 N–H and O–H groups in total. The molecular weight excluding hydrogens is 433 g/mol. The summed E-state index contributed by atoms with van der Waals surface area (Å²) in [6.07, 6.45) is 0.703. The lowest BCUT2D eigenvalue weighted by molar-refractivity contribution is -0.140. The van der Waals surface area contributed by atoms with Crippen molar-refractivity contribution >= 4 is 33.4 Å². The third kappa shape index (κ3) is 6.15. The second kappa shape index (κ2) is 9.62. The molecule has 1 fully saturated rings. The number of piperidine rings is 1. The SMILES string of the molecule is CCN(CC(=O)NC(C)(C)C)C(=O)C1CCN(S(=O)(=O)c2ccc(F)c(Cl)c2)CC1. The van der Waals surface area contributed by atoms with Crippen LogP contribution in [-0.2, 0) is 19.6 Å². The van der Waals surface area contributed by atoms with Crippen LogP contribution in [0.3, 0.4) is 0 Å². The summed E-state index contributed by atoms with van der Waals surface area (Å²) in [5.41, 5.74) is -0.386. The highest BCUT2D eigenvalue weighted by atomic mass is 35.5. The van der Waals surface area contributed by atoms with Crippen LogP contribution in [0.1, 0.15) is 40.5 Å². The number of benzene rings is 1. The Morgan fingerprint density at radius 3 is 2.37 bits per heavy atom. The van der Waals surface area contributed by atoms with Crippen molar-refractivity contribution < 1.29 is 22.4 Å².